The van der Waals surface area contributed by atoms with Gasteiger partial charge in [0.25, 0.3) is 10.0 Å². The number of aryl methyl sites for hydroxylation is 1. The number of rotatable bonds is 5. The second-order valence-electron chi connectivity index (χ2n) is 4.23. The van der Waals surface area contributed by atoms with Crippen molar-refractivity contribution in [3.8, 4) is 5.75 Å². The van der Waals surface area contributed by atoms with Gasteiger partial charge in [0.15, 0.2) is 0 Å². The van der Waals surface area contributed by atoms with Crippen LogP contribution in [0.4, 0.5) is 5.69 Å². The first-order chi connectivity index (χ1) is 9.89. The fraction of sp³-hybridized carbons (Fsp3) is 0.250. The molecule has 21 heavy (non-hydrogen) atoms. The van der Waals surface area contributed by atoms with E-state index in [1.54, 1.807) is 25.1 Å². The smallest absolute Gasteiger partial charge is 0.265 e. The van der Waals surface area contributed by atoms with Gasteiger partial charge in [-0.3, -0.25) is 9.82 Å². The zero-order valence-electron chi connectivity index (χ0n) is 11.3. The van der Waals surface area contributed by atoms with E-state index in [1.165, 1.54) is 7.11 Å². The Hall–Kier alpha value is -1.58. The van der Waals surface area contributed by atoms with Crippen LogP contribution in [-0.4, -0.2) is 30.8 Å². The molecule has 1 aromatic heterocycles. The van der Waals surface area contributed by atoms with E-state index in [4.69, 9.17) is 4.74 Å². The third kappa shape index (κ3) is 3.20. The Morgan fingerprint density at radius 2 is 2.19 bits per heavy atom. The van der Waals surface area contributed by atoms with Crippen molar-refractivity contribution in [1.29, 1.82) is 0 Å². The molecule has 3 N–H and O–H groups in total. The average molecular weight is 376 g/mol. The van der Waals surface area contributed by atoms with Crippen LogP contribution in [0.3, 0.4) is 0 Å². The van der Waals surface area contributed by atoms with Crippen molar-refractivity contribution in [2.75, 3.05) is 11.8 Å². The summed E-state index contributed by atoms with van der Waals surface area (Å²) < 4.78 is 33.0. The lowest BCUT2D eigenvalue weighted by Gasteiger charge is -2.11. The summed E-state index contributed by atoms with van der Waals surface area (Å²) in [5, 5.41) is 15.5. The number of aliphatic hydroxyl groups excluding tert-OH is 1. The summed E-state index contributed by atoms with van der Waals surface area (Å²) in [5.41, 5.74) is 0.753. The molecule has 0 atom stereocenters. The van der Waals surface area contributed by atoms with Crippen LogP contribution in [-0.2, 0) is 16.6 Å². The molecule has 0 amide bonds. The molecular weight excluding hydrogens is 362 g/mol. The number of H-pyrrole nitrogens is 1. The van der Waals surface area contributed by atoms with Gasteiger partial charge in [-0.2, -0.15) is 5.10 Å². The van der Waals surface area contributed by atoms with Gasteiger partial charge in [-0.25, -0.2) is 8.42 Å². The number of hydrogen-bond donors (Lipinski definition) is 3. The number of sulfonamides is 1. The van der Waals surface area contributed by atoms with Crippen LogP contribution in [0.2, 0.25) is 0 Å². The van der Waals surface area contributed by atoms with E-state index in [0.717, 1.165) is 0 Å². The number of anilines is 1. The summed E-state index contributed by atoms with van der Waals surface area (Å²) in [7, 11) is -2.39. The molecule has 7 nitrogen and oxygen atoms in total. The molecule has 1 aromatic carbocycles. The fourth-order valence-corrected chi connectivity index (χ4v) is 3.75. The van der Waals surface area contributed by atoms with Crippen molar-refractivity contribution < 1.29 is 18.3 Å². The summed E-state index contributed by atoms with van der Waals surface area (Å²) in [4.78, 5) is -0.0558. The van der Waals surface area contributed by atoms with Crippen LogP contribution in [0.25, 0.3) is 0 Å². The molecule has 0 aliphatic heterocycles. The summed E-state index contributed by atoms with van der Waals surface area (Å²) >= 11 is 3.27. The molecule has 2 aromatic rings. The molecule has 0 aliphatic carbocycles. The van der Waals surface area contributed by atoms with E-state index < -0.39 is 16.6 Å². The summed E-state index contributed by atoms with van der Waals surface area (Å²) in [6.45, 7) is 1.10. The number of nitrogens with one attached hydrogen (secondary N) is 2. The van der Waals surface area contributed by atoms with E-state index in [9.17, 15) is 13.5 Å². The molecule has 0 bridgehead atoms. The molecule has 9 heteroatoms. The topological polar surface area (TPSA) is 104 Å². The minimum Gasteiger partial charge on any atom is -0.497 e. The zero-order valence-corrected chi connectivity index (χ0v) is 13.7. The van der Waals surface area contributed by atoms with Gasteiger partial charge < -0.3 is 9.84 Å². The minimum absolute atomic E-state index is 0.0558. The van der Waals surface area contributed by atoms with E-state index in [1.807, 2.05) is 0 Å². The monoisotopic (exact) mass is 375 g/mol. The molecule has 2 rings (SSSR count). The number of hydrogen-bond acceptors (Lipinski definition) is 5. The molecule has 0 radical (unpaired) electrons. The van der Waals surface area contributed by atoms with Crippen LogP contribution in [0.5, 0.6) is 5.75 Å². The summed E-state index contributed by atoms with van der Waals surface area (Å²) in [5.74, 6) is 0.516. The zero-order chi connectivity index (χ0) is 15.6. The maximum Gasteiger partial charge on any atom is 0.265 e. The molecule has 0 saturated carbocycles. The van der Waals surface area contributed by atoms with Gasteiger partial charge in [0.2, 0.25) is 0 Å². The van der Waals surface area contributed by atoms with Crippen LogP contribution in [0.15, 0.2) is 27.6 Å². The number of aromatic amines is 1. The Kier molecular flexibility index (Phi) is 4.55. The van der Waals surface area contributed by atoms with Gasteiger partial charge in [0.05, 0.1) is 25.1 Å². The van der Waals surface area contributed by atoms with Crippen molar-refractivity contribution in [1.82, 2.24) is 10.2 Å². The highest BCUT2D eigenvalue weighted by atomic mass is 79.9. The highest BCUT2D eigenvalue weighted by Gasteiger charge is 2.24. The predicted octanol–water partition coefficient (Wildman–Crippen LogP) is 1.78. The van der Waals surface area contributed by atoms with Crippen molar-refractivity contribution in [3.63, 3.8) is 0 Å². The van der Waals surface area contributed by atoms with Crippen molar-refractivity contribution in [3.05, 3.63) is 34.1 Å². The lowest BCUT2D eigenvalue weighted by atomic mass is 10.3. The number of methoxy groups -OCH3 is 1. The standard InChI is InChI=1S/C12H14BrN3O4S/c1-7-12(11(6-17)15-14-7)21(18,19)16-10-5-8(20-2)3-4-9(10)13/h3-5,16-17H,6H2,1-2H3,(H,14,15). The molecule has 0 fully saturated rings. The fourth-order valence-electron chi connectivity index (χ4n) is 1.84. The Morgan fingerprint density at radius 1 is 1.48 bits per heavy atom. The van der Waals surface area contributed by atoms with Crippen LogP contribution in [0, 0.1) is 6.92 Å². The third-order valence-corrected chi connectivity index (χ3v) is 5.06. The quantitative estimate of drug-likeness (QED) is 0.738. The van der Waals surface area contributed by atoms with Crippen LogP contribution < -0.4 is 9.46 Å². The first-order valence-electron chi connectivity index (χ1n) is 5.90. The number of nitrogens with zero attached hydrogens (tertiary/aromatic N) is 1. The van der Waals surface area contributed by atoms with Gasteiger partial charge in [0.1, 0.15) is 16.3 Å². The second-order valence-corrected chi connectivity index (χ2v) is 6.71. The lowest BCUT2D eigenvalue weighted by molar-refractivity contribution is 0.273. The van der Waals surface area contributed by atoms with Crippen LogP contribution >= 0.6 is 15.9 Å². The van der Waals surface area contributed by atoms with Gasteiger partial charge in [0, 0.05) is 10.5 Å². The van der Waals surface area contributed by atoms with Crippen LogP contribution in [0.1, 0.15) is 11.4 Å². The normalized spacial score (nSPS) is 11.4. The Morgan fingerprint density at radius 3 is 2.81 bits per heavy atom. The first kappa shape index (κ1) is 15.8. The molecule has 0 spiro atoms. The second kappa shape index (κ2) is 6.04. The molecule has 0 unspecified atom stereocenters. The largest absolute Gasteiger partial charge is 0.497 e. The van der Waals surface area contributed by atoms with Gasteiger partial charge >= 0.3 is 0 Å². The van der Waals surface area contributed by atoms with Gasteiger partial charge in [-0.05, 0) is 35.0 Å². The molecular formula is C12H14BrN3O4S. The summed E-state index contributed by atoms with van der Waals surface area (Å²) in [6, 6.07) is 4.92. The first-order valence-corrected chi connectivity index (χ1v) is 8.17. The Labute approximate surface area is 130 Å². The molecule has 114 valence electrons. The average Bonchev–Trinajstić information content (AvgIpc) is 2.83. The van der Waals surface area contributed by atoms with E-state index in [-0.39, 0.29) is 10.6 Å². The van der Waals surface area contributed by atoms with E-state index in [2.05, 4.69) is 30.8 Å². The van der Waals surface area contributed by atoms with E-state index >= 15 is 0 Å². The number of aromatic nitrogens is 2. The number of benzene rings is 1. The van der Waals surface area contributed by atoms with Gasteiger partial charge in [-0.1, -0.05) is 0 Å². The maximum atomic E-state index is 12.5. The molecule has 1 heterocycles. The number of ether oxygens (including phenoxy) is 1. The Bertz CT molecular complexity index is 758. The Balaban J connectivity index is 2.44. The third-order valence-electron chi connectivity index (χ3n) is 2.80. The van der Waals surface area contributed by atoms with Crippen molar-refractivity contribution in [2.24, 2.45) is 0 Å². The number of halogens is 1. The highest BCUT2D eigenvalue weighted by Crippen LogP contribution is 2.30. The van der Waals surface area contributed by atoms with Gasteiger partial charge in [-0.15, -0.1) is 0 Å². The van der Waals surface area contributed by atoms with Crippen molar-refractivity contribution in [2.45, 2.75) is 18.4 Å². The molecule has 0 saturated heterocycles. The van der Waals surface area contributed by atoms with Crippen molar-refractivity contribution >= 4 is 31.6 Å². The SMILES string of the molecule is COc1ccc(Br)c(NS(=O)(=O)c2c(CO)n[nH]c2C)c1. The highest BCUT2D eigenvalue weighted by molar-refractivity contribution is 9.10. The maximum absolute atomic E-state index is 12.5. The predicted molar refractivity (Wildman–Crippen MR) is 80.8 cm³/mol. The minimum atomic E-state index is -3.88. The number of aliphatic hydroxyl groups is 1. The summed E-state index contributed by atoms with van der Waals surface area (Å²) in [6.07, 6.45) is 0. The van der Waals surface area contributed by atoms with E-state index in [0.29, 0.717) is 21.6 Å². The molecule has 0 aliphatic rings. The lowest BCUT2D eigenvalue weighted by Crippen LogP contribution is -2.15.